The van der Waals surface area contributed by atoms with Gasteiger partial charge in [0.15, 0.2) is 0 Å². The van der Waals surface area contributed by atoms with Crippen LogP contribution in [-0.4, -0.2) is 70.3 Å². The van der Waals surface area contributed by atoms with E-state index in [2.05, 4.69) is 5.32 Å². The Morgan fingerprint density at radius 1 is 1.16 bits per heavy atom. The average molecular weight is 428 g/mol. The van der Waals surface area contributed by atoms with Crippen molar-refractivity contribution >= 4 is 23.7 Å². The number of carbonyl (C=O) groups excluding carboxylic acids is 3. The molecule has 0 unspecified atom stereocenters. The van der Waals surface area contributed by atoms with Gasteiger partial charge in [0.1, 0.15) is 12.4 Å². The van der Waals surface area contributed by atoms with Crippen molar-refractivity contribution < 1.29 is 19.2 Å². The molecule has 9 nitrogen and oxygen atoms in total. The number of piperidine rings is 2. The van der Waals surface area contributed by atoms with Crippen LogP contribution in [0, 0.1) is 11.3 Å². The van der Waals surface area contributed by atoms with Crippen LogP contribution in [0.25, 0.3) is 0 Å². The molecule has 4 amide bonds. The lowest BCUT2D eigenvalue weighted by Gasteiger charge is -2.33. The topological polar surface area (TPSA) is 106 Å². The normalized spacial score (nSPS) is 25.5. The molecule has 0 aliphatic carbocycles. The van der Waals surface area contributed by atoms with E-state index in [1.165, 1.54) is 12.0 Å². The Balaban J connectivity index is 1.33. The highest BCUT2D eigenvalue weighted by molar-refractivity contribution is 6.01. The fraction of sp³-hybridized carbons (Fsp3) is 0.545. The highest BCUT2D eigenvalue weighted by Crippen LogP contribution is 2.30. The summed E-state index contributed by atoms with van der Waals surface area (Å²) in [5.41, 5.74) is 0.982. The Morgan fingerprint density at radius 3 is 2.68 bits per heavy atom. The van der Waals surface area contributed by atoms with Gasteiger partial charge in [-0.1, -0.05) is 30.3 Å². The van der Waals surface area contributed by atoms with Gasteiger partial charge in [0, 0.05) is 26.6 Å². The number of hydrogen-bond donors (Lipinski definition) is 2. The van der Waals surface area contributed by atoms with Crippen molar-refractivity contribution in [2.45, 2.75) is 51.3 Å². The number of urea groups is 1. The summed E-state index contributed by atoms with van der Waals surface area (Å²) < 4.78 is 0. The van der Waals surface area contributed by atoms with E-state index in [1.54, 1.807) is 9.80 Å². The molecule has 2 N–H and O–H groups in total. The van der Waals surface area contributed by atoms with E-state index in [9.17, 15) is 14.4 Å². The van der Waals surface area contributed by atoms with Gasteiger partial charge < -0.3 is 15.1 Å². The van der Waals surface area contributed by atoms with E-state index < -0.39 is 6.04 Å². The number of nitrogens with one attached hydrogen (secondary N) is 2. The Labute approximate surface area is 181 Å². The van der Waals surface area contributed by atoms with Crippen molar-refractivity contribution in [3.05, 3.63) is 35.9 Å². The molecule has 4 rings (SSSR count). The van der Waals surface area contributed by atoms with Gasteiger partial charge in [-0.3, -0.25) is 19.8 Å². The second kappa shape index (κ2) is 9.05. The van der Waals surface area contributed by atoms with Gasteiger partial charge in [0.2, 0.25) is 11.8 Å². The van der Waals surface area contributed by atoms with E-state index >= 15 is 0 Å². The van der Waals surface area contributed by atoms with Crippen LogP contribution in [0.15, 0.2) is 30.3 Å². The van der Waals surface area contributed by atoms with Crippen LogP contribution < -0.4 is 5.32 Å². The lowest BCUT2D eigenvalue weighted by atomic mass is 9.96. The maximum Gasteiger partial charge on any atom is 0.344 e. The SMILES string of the molecule is CC(=O)N1CCC[C@H](C(=O)NC(=N)[C@@H]2CC[C@@H]3CN2C(=O)N3OCc2ccccc2)C1. The molecule has 1 aromatic rings. The standard InChI is InChI=1S/C22H29N5O4/c1-15(28)25-11-5-8-17(12-25)21(29)24-20(23)19-10-9-18-13-26(19)22(30)27(18)31-14-16-6-3-2-4-7-16/h2-4,6-7,17-19H,5,8-14H2,1H3,(H2,23,24,29)/t17-,18+,19-/m0/s1. The average Bonchev–Trinajstić information content (AvgIpc) is 3.02. The molecule has 0 spiro atoms. The zero-order chi connectivity index (χ0) is 22.0. The monoisotopic (exact) mass is 427 g/mol. The van der Waals surface area contributed by atoms with Crippen molar-refractivity contribution in [2.75, 3.05) is 19.6 Å². The lowest BCUT2D eigenvalue weighted by molar-refractivity contribution is -0.140. The maximum absolute atomic E-state index is 12.9. The number of benzene rings is 1. The number of likely N-dealkylation sites (tertiary alicyclic amines) is 1. The summed E-state index contributed by atoms with van der Waals surface area (Å²) in [5, 5.41) is 12.6. The molecule has 166 valence electrons. The summed E-state index contributed by atoms with van der Waals surface area (Å²) in [4.78, 5) is 46.3. The Hall–Kier alpha value is -2.94. The molecular weight excluding hydrogens is 398 g/mol. The largest absolute Gasteiger partial charge is 0.344 e. The Morgan fingerprint density at radius 2 is 1.94 bits per heavy atom. The fourth-order valence-electron chi connectivity index (χ4n) is 4.61. The molecule has 0 radical (unpaired) electrons. The molecule has 3 saturated heterocycles. The van der Waals surface area contributed by atoms with Crippen LogP contribution in [0.3, 0.4) is 0 Å². The molecule has 1 aromatic carbocycles. The van der Waals surface area contributed by atoms with Crippen molar-refractivity contribution in [1.29, 1.82) is 5.41 Å². The minimum atomic E-state index is -0.467. The first-order valence-electron chi connectivity index (χ1n) is 10.9. The van der Waals surface area contributed by atoms with E-state index in [4.69, 9.17) is 10.2 Å². The van der Waals surface area contributed by atoms with Gasteiger partial charge in [0.05, 0.1) is 18.0 Å². The number of nitrogens with zero attached hydrogens (tertiary/aromatic N) is 3. The van der Waals surface area contributed by atoms with E-state index in [1.807, 2.05) is 30.3 Å². The number of amides is 4. The zero-order valence-electron chi connectivity index (χ0n) is 17.8. The fourth-order valence-corrected chi connectivity index (χ4v) is 4.61. The number of rotatable bonds is 5. The third kappa shape index (κ3) is 4.56. The van der Waals surface area contributed by atoms with Crippen molar-refractivity contribution in [2.24, 2.45) is 5.92 Å². The molecule has 0 saturated carbocycles. The van der Waals surface area contributed by atoms with Gasteiger partial charge in [-0.2, -0.15) is 5.06 Å². The summed E-state index contributed by atoms with van der Waals surface area (Å²) in [6.07, 6.45) is 2.78. The first-order chi connectivity index (χ1) is 14.9. The van der Waals surface area contributed by atoms with Crippen LogP contribution >= 0.6 is 0 Å². The van der Waals surface area contributed by atoms with Gasteiger partial charge in [-0.05, 0) is 31.2 Å². The molecule has 3 aliphatic rings. The van der Waals surface area contributed by atoms with Gasteiger partial charge in [-0.25, -0.2) is 4.79 Å². The predicted molar refractivity (Wildman–Crippen MR) is 113 cm³/mol. The molecule has 31 heavy (non-hydrogen) atoms. The highest BCUT2D eigenvalue weighted by atomic mass is 16.7. The highest BCUT2D eigenvalue weighted by Gasteiger charge is 2.47. The van der Waals surface area contributed by atoms with Crippen LogP contribution in [0.1, 0.15) is 38.2 Å². The second-order valence-corrected chi connectivity index (χ2v) is 8.47. The second-order valence-electron chi connectivity index (χ2n) is 8.47. The summed E-state index contributed by atoms with van der Waals surface area (Å²) >= 11 is 0. The molecule has 2 bridgehead atoms. The number of hydroxylamine groups is 2. The molecule has 0 aromatic heterocycles. The predicted octanol–water partition coefficient (Wildman–Crippen LogP) is 1.74. The lowest BCUT2D eigenvalue weighted by Crippen LogP contribution is -2.53. The summed E-state index contributed by atoms with van der Waals surface area (Å²) in [7, 11) is 0. The summed E-state index contributed by atoms with van der Waals surface area (Å²) in [6, 6.07) is 8.90. The minimum Gasteiger partial charge on any atom is -0.342 e. The van der Waals surface area contributed by atoms with E-state index in [0.717, 1.165) is 12.0 Å². The third-order valence-electron chi connectivity index (χ3n) is 6.36. The minimum absolute atomic E-state index is 0.0378. The quantitative estimate of drug-likeness (QED) is 0.551. The van der Waals surface area contributed by atoms with E-state index in [0.29, 0.717) is 45.5 Å². The number of hydrogen-bond acceptors (Lipinski definition) is 5. The van der Waals surface area contributed by atoms with Crippen LogP contribution in [0.4, 0.5) is 4.79 Å². The van der Waals surface area contributed by atoms with Crippen molar-refractivity contribution in [3.8, 4) is 0 Å². The van der Waals surface area contributed by atoms with Crippen LogP contribution in [0.2, 0.25) is 0 Å². The van der Waals surface area contributed by atoms with Crippen LogP contribution in [-0.2, 0) is 21.0 Å². The molecule has 3 aliphatic heterocycles. The molecule has 3 heterocycles. The molecule has 3 atom stereocenters. The number of amidine groups is 1. The summed E-state index contributed by atoms with van der Waals surface area (Å²) in [6.45, 7) is 3.35. The first kappa shape index (κ1) is 21.3. The summed E-state index contributed by atoms with van der Waals surface area (Å²) in [5.74, 6) is -0.568. The first-order valence-corrected chi connectivity index (χ1v) is 10.9. The zero-order valence-corrected chi connectivity index (χ0v) is 17.8. The van der Waals surface area contributed by atoms with Crippen molar-refractivity contribution in [3.63, 3.8) is 0 Å². The third-order valence-corrected chi connectivity index (χ3v) is 6.36. The maximum atomic E-state index is 12.9. The molecular formula is C22H29N5O4. The Kier molecular flexibility index (Phi) is 6.22. The smallest absolute Gasteiger partial charge is 0.342 e. The molecule has 3 fully saturated rings. The van der Waals surface area contributed by atoms with Crippen molar-refractivity contribution in [1.82, 2.24) is 20.2 Å². The van der Waals surface area contributed by atoms with Crippen LogP contribution in [0.5, 0.6) is 0 Å². The van der Waals surface area contributed by atoms with E-state index in [-0.39, 0.29) is 35.6 Å². The van der Waals surface area contributed by atoms with Gasteiger partial charge in [-0.15, -0.1) is 0 Å². The number of fused-ring (bicyclic) bond motifs is 2. The molecule has 9 heteroatoms. The van der Waals surface area contributed by atoms with Gasteiger partial charge in [0.25, 0.3) is 0 Å². The van der Waals surface area contributed by atoms with Gasteiger partial charge >= 0.3 is 6.03 Å². The number of carbonyl (C=O) groups is 3. The Bertz CT molecular complexity index is 861.